The highest BCUT2D eigenvalue weighted by Gasteiger charge is 2.71. The number of likely N-dealkylation sites (N-methyl/N-ethyl adjacent to an activating group) is 1. The molecule has 1 heterocycles. The number of carbonyl (C=O) groups excluding carboxylic acids is 2. The predicted octanol–water partition coefficient (Wildman–Crippen LogP) is -0.628. The number of nitrogens with one attached hydrogen (secondary N) is 1. The van der Waals surface area contributed by atoms with E-state index in [1.807, 2.05) is 0 Å². The van der Waals surface area contributed by atoms with E-state index in [0.717, 1.165) is 4.90 Å². The van der Waals surface area contributed by atoms with Crippen LogP contribution in [0.2, 0.25) is 0 Å². The Morgan fingerprint density at radius 2 is 1.88 bits per heavy atom. The molecule has 1 saturated heterocycles. The molecule has 6 heteroatoms. The zero-order valence-electron chi connectivity index (χ0n) is 8.97. The lowest BCUT2D eigenvalue weighted by molar-refractivity contribution is -0.167. The van der Waals surface area contributed by atoms with Crippen molar-refractivity contribution in [3.63, 3.8) is 0 Å². The second kappa shape index (κ2) is 2.66. The van der Waals surface area contributed by atoms with Gasteiger partial charge in [-0.15, -0.1) is 0 Å². The van der Waals surface area contributed by atoms with Crippen LogP contribution in [0.1, 0.15) is 15.9 Å². The standard InChI is InChI=1S/C11H10N2O4/c1-13-9(15)12-10(16)8(14)6-4-2-3-5-7(6)11(10,13)17/h2-5,16-17H,1H3,(H,12,15)/t10-,11-/m0/s1. The summed E-state index contributed by atoms with van der Waals surface area (Å²) in [6.07, 6.45) is 0. The molecule has 88 valence electrons. The topological polar surface area (TPSA) is 89.9 Å². The van der Waals surface area contributed by atoms with Crippen LogP contribution in [-0.2, 0) is 5.72 Å². The number of benzene rings is 1. The van der Waals surface area contributed by atoms with Gasteiger partial charge in [0.05, 0.1) is 0 Å². The number of aliphatic hydroxyl groups is 2. The predicted molar refractivity (Wildman–Crippen MR) is 55.9 cm³/mol. The number of Topliss-reactive ketones (excluding diaryl/α,β-unsaturated/α-hetero) is 1. The lowest BCUT2D eigenvalue weighted by atomic mass is 10.00. The molecule has 1 aliphatic heterocycles. The Hall–Kier alpha value is -1.92. The number of ketones is 1. The molecule has 17 heavy (non-hydrogen) atoms. The zero-order valence-corrected chi connectivity index (χ0v) is 8.97. The fourth-order valence-electron chi connectivity index (χ4n) is 2.49. The van der Waals surface area contributed by atoms with E-state index in [9.17, 15) is 19.8 Å². The van der Waals surface area contributed by atoms with Gasteiger partial charge in [0.25, 0.3) is 5.72 Å². The lowest BCUT2D eigenvalue weighted by Crippen LogP contribution is -2.58. The SMILES string of the molecule is CN1C(=O)N[C@]2(O)C(=O)c3ccccc3[C@@]12O. The number of hydrogen-bond acceptors (Lipinski definition) is 4. The van der Waals surface area contributed by atoms with E-state index in [1.54, 1.807) is 12.1 Å². The first-order chi connectivity index (χ1) is 7.93. The van der Waals surface area contributed by atoms with E-state index < -0.39 is 23.3 Å². The van der Waals surface area contributed by atoms with Gasteiger partial charge in [0.2, 0.25) is 11.5 Å². The van der Waals surface area contributed by atoms with Crippen molar-refractivity contribution in [2.24, 2.45) is 0 Å². The Balaban J connectivity index is 2.35. The zero-order chi connectivity index (χ0) is 12.4. The Labute approximate surface area is 96.5 Å². The van der Waals surface area contributed by atoms with Crippen molar-refractivity contribution in [1.82, 2.24) is 10.2 Å². The number of rotatable bonds is 0. The molecule has 0 radical (unpaired) electrons. The summed E-state index contributed by atoms with van der Waals surface area (Å²) in [5.41, 5.74) is -3.90. The monoisotopic (exact) mass is 234 g/mol. The quantitative estimate of drug-likeness (QED) is 0.557. The van der Waals surface area contributed by atoms with Gasteiger partial charge < -0.3 is 10.2 Å². The van der Waals surface area contributed by atoms with Crippen molar-refractivity contribution in [1.29, 1.82) is 0 Å². The Morgan fingerprint density at radius 3 is 2.59 bits per heavy atom. The summed E-state index contributed by atoms with van der Waals surface area (Å²) >= 11 is 0. The second-order valence-corrected chi connectivity index (χ2v) is 4.25. The molecule has 1 fully saturated rings. The van der Waals surface area contributed by atoms with Crippen LogP contribution in [0, 0.1) is 0 Å². The van der Waals surface area contributed by atoms with Crippen LogP contribution >= 0.6 is 0 Å². The minimum absolute atomic E-state index is 0.212. The fourth-order valence-corrected chi connectivity index (χ4v) is 2.49. The minimum atomic E-state index is -2.30. The molecule has 0 saturated carbocycles. The molecular formula is C11H10N2O4. The van der Waals surface area contributed by atoms with Crippen molar-refractivity contribution in [3.05, 3.63) is 35.4 Å². The highest BCUT2D eigenvalue weighted by molar-refractivity contribution is 6.11. The van der Waals surface area contributed by atoms with Gasteiger partial charge in [-0.3, -0.25) is 15.0 Å². The lowest BCUT2D eigenvalue weighted by Gasteiger charge is -2.32. The largest absolute Gasteiger partial charge is 0.363 e. The van der Waals surface area contributed by atoms with Gasteiger partial charge in [-0.05, 0) is 0 Å². The second-order valence-electron chi connectivity index (χ2n) is 4.25. The van der Waals surface area contributed by atoms with Crippen LogP contribution in [0.4, 0.5) is 4.79 Å². The average molecular weight is 234 g/mol. The third kappa shape index (κ3) is 0.853. The first kappa shape index (κ1) is 10.2. The van der Waals surface area contributed by atoms with E-state index in [0.29, 0.717) is 0 Å². The van der Waals surface area contributed by atoms with E-state index in [-0.39, 0.29) is 11.1 Å². The highest BCUT2D eigenvalue weighted by atomic mass is 16.4. The molecule has 6 nitrogen and oxygen atoms in total. The van der Waals surface area contributed by atoms with Gasteiger partial charge >= 0.3 is 6.03 Å². The summed E-state index contributed by atoms with van der Waals surface area (Å²) in [7, 11) is 1.32. The third-order valence-electron chi connectivity index (χ3n) is 3.46. The maximum atomic E-state index is 12.0. The first-order valence-corrected chi connectivity index (χ1v) is 5.08. The Morgan fingerprint density at radius 1 is 1.24 bits per heavy atom. The maximum Gasteiger partial charge on any atom is 0.322 e. The number of amides is 2. The summed E-state index contributed by atoms with van der Waals surface area (Å²) < 4.78 is 0. The van der Waals surface area contributed by atoms with Gasteiger partial charge in [0.15, 0.2) is 0 Å². The van der Waals surface area contributed by atoms with Crippen LogP contribution in [0.25, 0.3) is 0 Å². The number of fused-ring (bicyclic) bond motifs is 3. The molecular weight excluding hydrogens is 224 g/mol. The van der Waals surface area contributed by atoms with Crippen molar-refractivity contribution in [3.8, 4) is 0 Å². The molecule has 0 bridgehead atoms. The highest BCUT2D eigenvalue weighted by Crippen LogP contribution is 2.47. The molecule has 1 aliphatic carbocycles. The summed E-state index contributed by atoms with van der Waals surface area (Å²) in [6, 6.07) is 5.59. The molecule has 0 unspecified atom stereocenters. The van der Waals surface area contributed by atoms with Gasteiger partial charge in [0, 0.05) is 18.2 Å². The maximum absolute atomic E-state index is 12.0. The van der Waals surface area contributed by atoms with Gasteiger partial charge in [-0.2, -0.15) is 0 Å². The molecule has 0 aromatic heterocycles. The number of hydrogen-bond donors (Lipinski definition) is 3. The van der Waals surface area contributed by atoms with Crippen molar-refractivity contribution in [2.75, 3.05) is 7.05 Å². The molecule has 0 spiro atoms. The first-order valence-electron chi connectivity index (χ1n) is 5.08. The van der Waals surface area contributed by atoms with Crippen molar-refractivity contribution >= 4 is 11.8 Å². The molecule has 3 N–H and O–H groups in total. The van der Waals surface area contributed by atoms with Gasteiger partial charge in [0.1, 0.15) is 0 Å². The van der Waals surface area contributed by atoms with Crippen molar-refractivity contribution in [2.45, 2.75) is 11.4 Å². The van der Waals surface area contributed by atoms with Gasteiger partial charge in [-0.1, -0.05) is 24.3 Å². The van der Waals surface area contributed by atoms with Crippen LogP contribution in [0.3, 0.4) is 0 Å². The van der Waals surface area contributed by atoms with Crippen LogP contribution in [0.5, 0.6) is 0 Å². The number of urea groups is 1. The average Bonchev–Trinajstić information content (AvgIpc) is 2.60. The molecule has 2 aliphatic rings. The van der Waals surface area contributed by atoms with E-state index in [2.05, 4.69) is 5.32 Å². The van der Waals surface area contributed by atoms with Crippen LogP contribution in [-0.4, -0.2) is 39.7 Å². The summed E-state index contributed by atoms with van der Waals surface area (Å²) in [4.78, 5) is 24.5. The molecule has 1 aromatic carbocycles. The normalized spacial score (nSPS) is 34.6. The van der Waals surface area contributed by atoms with E-state index >= 15 is 0 Å². The summed E-state index contributed by atoms with van der Waals surface area (Å²) in [5, 5.41) is 22.9. The number of nitrogens with zero attached hydrogens (tertiary/aromatic N) is 1. The smallest absolute Gasteiger partial charge is 0.322 e. The minimum Gasteiger partial charge on any atom is -0.363 e. The fraction of sp³-hybridized carbons (Fsp3) is 0.273. The molecule has 1 aromatic rings. The summed E-state index contributed by atoms with van der Waals surface area (Å²) in [5.74, 6) is -0.701. The Bertz CT molecular complexity index is 558. The van der Waals surface area contributed by atoms with Crippen molar-refractivity contribution < 1.29 is 19.8 Å². The van der Waals surface area contributed by atoms with Crippen LogP contribution in [0.15, 0.2) is 24.3 Å². The van der Waals surface area contributed by atoms with E-state index in [4.69, 9.17) is 0 Å². The molecule has 2 amide bonds. The van der Waals surface area contributed by atoms with Crippen LogP contribution < -0.4 is 5.32 Å². The molecule has 3 rings (SSSR count). The van der Waals surface area contributed by atoms with E-state index in [1.165, 1.54) is 19.2 Å². The number of carbonyl (C=O) groups is 2. The van der Waals surface area contributed by atoms with Gasteiger partial charge in [-0.25, -0.2) is 4.79 Å². The summed E-state index contributed by atoms with van der Waals surface area (Å²) in [6.45, 7) is 0. The third-order valence-corrected chi connectivity index (χ3v) is 3.46. The molecule has 2 atom stereocenters. The Kier molecular flexibility index (Phi) is 1.60.